The summed E-state index contributed by atoms with van der Waals surface area (Å²) in [6, 6.07) is 13.7. The average Bonchev–Trinajstić information content (AvgIpc) is 3.05. The van der Waals surface area contributed by atoms with Crippen LogP contribution in [0.3, 0.4) is 0 Å². The summed E-state index contributed by atoms with van der Waals surface area (Å²) in [7, 11) is 0. The Morgan fingerprint density at radius 2 is 2.08 bits per heavy atom. The number of ether oxygens (including phenoxy) is 1. The van der Waals surface area contributed by atoms with Gasteiger partial charge in [0.05, 0.1) is 17.2 Å². The van der Waals surface area contributed by atoms with Gasteiger partial charge in [-0.3, -0.25) is 15.5 Å². The molecular weight excluding hydrogens is 322 g/mol. The predicted molar refractivity (Wildman–Crippen MR) is 96.3 cm³/mol. The summed E-state index contributed by atoms with van der Waals surface area (Å²) in [5.41, 5.74) is 4.63. The zero-order valence-corrected chi connectivity index (χ0v) is 13.9. The number of nitrogens with zero attached hydrogens (tertiary/aromatic N) is 2. The quantitative estimate of drug-likeness (QED) is 0.403. The number of hydrazone groups is 1. The number of benzene rings is 2. The van der Waals surface area contributed by atoms with E-state index in [0.717, 1.165) is 5.39 Å². The number of nitro benzene ring substituents is 1. The van der Waals surface area contributed by atoms with Crippen LogP contribution < -0.4 is 10.2 Å². The van der Waals surface area contributed by atoms with E-state index in [2.05, 4.69) is 10.5 Å². The van der Waals surface area contributed by atoms with Crippen molar-refractivity contribution in [3.8, 4) is 5.75 Å². The van der Waals surface area contributed by atoms with Crippen molar-refractivity contribution in [2.45, 2.75) is 13.8 Å². The van der Waals surface area contributed by atoms with Crippen LogP contribution in [0.2, 0.25) is 0 Å². The topological polar surface area (TPSA) is 89.9 Å². The van der Waals surface area contributed by atoms with Gasteiger partial charge in [-0.25, -0.2) is 0 Å². The van der Waals surface area contributed by atoms with E-state index in [4.69, 9.17) is 9.15 Å². The zero-order valence-electron chi connectivity index (χ0n) is 13.9. The summed E-state index contributed by atoms with van der Waals surface area (Å²) in [4.78, 5) is 10.4. The Hall–Kier alpha value is -3.35. The van der Waals surface area contributed by atoms with Crippen LogP contribution >= 0.6 is 0 Å². The highest BCUT2D eigenvalue weighted by Gasteiger charge is 2.11. The Labute approximate surface area is 144 Å². The second-order valence-electron chi connectivity index (χ2n) is 5.33. The summed E-state index contributed by atoms with van der Waals surface area (Å²) >= 11 is 0. The summed E-state index contributed by atoms with van der Waals surface area (Å²) < 4.78 is 11.4. The molecule has 3 rings (SSSR count). The molecule has 0 aliphatic rings. The molecule has 0 fully saturated rings. The van der Waals surface area contributed by atoms with Crippen molar-refractivity contribution in [1.82, 2.24) is 0 Å². The molecule has 3 aromatic rings. The van der Waals surface area contributed by atoms with Gasteiger partial charge in [-0.1, -0.05) is 18.2 Å². The van der Waals surface area contributed by atoms with Crippen LogP contribution in [0.5, 0.6) is 5.75 Å². The molecule has 0 unspecified atom stereocenters. The Bertz CT molecular complexity index is 946. The second-order valence-corrected chi connectivity index (χ2v) is 5.33. The van der Waals surface area contributed by atoms with Crippen molar-refractivity contribution in [1.29, 1.82) is 0 Å². The minimum absolute atomic E-state index is 0.00273. The van der Waals surface area contributed by atoms with E-state index in [9.17, 15) is 10.1 Å². The van der Waals surface area contributed by atoms with Gasteiger partial charge in [-0.2, -0.15) is 5.10 Å². The number of hydrogen-bond donors (Lipinski definition) is 1. The van der Waals surface area contributed by atoms with Gasteiger partial charge < -0.3 is 9.15 Å². The molecule has 7 nitrogen and oxygen atoms in total. The molecule has 1 N–H and O–H groups in total. The number of para-hydroxylation sites is 1. The largest absolute Gasteiger partial charge is 0.490 e. The van der Waals surface area contributed by atoms with Crippen LogP contribution in [-0.2, 0) is 0 Å². The van der Waals surface area contributed by atoms with Crippen molar-refractivity contribution in [3.05, 3.63) is 64.4 Å². The van der Waals surface area contributed by atoms with Crippen LogP contribution in [0.4, 0.5) is 11.4 Å². The first-order chi connectivity index (χ1) is 12.1. The molecule has 7 heteroatoms. The number of non-ortho nitro benzene ring substituents is 1. The summed E-state index contributed by atoms with van der Waals surface area (Å²) in [5, 5.41) is 16.0. The lowest BCUT2D eigenvalue weighted by molar-refractivity contribution is -0.384. The first-order valence-corrected chi connectivity index (χ1v) is 7.79. The molecule has 128 valence electrons. The lowest BCUT2D eigenvalue weighted by Gasteiger charge is -2.03. The fourth-order valence-corrected chi connectivity index (χ4v) is 2.38. The molecule has 0 atom stereocenters. The molecule has 2 aromatic carbocycles. The van der Waals surface area contributed by atoms with Crippen LogP contribution in [-0.4, -0.2) is 17.2 Å². The van der Waals surface area contributed by atoms with Gasteiger partial charge in [0.2, 0.25) is 0 Å². The first-order valence-electron chi connectivity index (χ1n) is 7.79. The standard InChI is InChI=1S/C18H17N3O4/c1-3-24-16-9-4-6-13-10-17(25-18(13)16)12(2)19-20-14-7-5-8-15(11-14)21(22)23/h4-11,20H,3H2,1-2H3/b19-12-. The van der Waals surface area contributed by atoms with E-state index in [1.165, 1.54) is 12.1 Å². The predicted octanol–water partition coefficient (Wildman–Crippen LogP) is 4.58. The Morgan fingerprint density at radius 1 is 1.28 bits per heavy atom. The van der Waals surface area contributed by atoms with Crippen LogP contribution in [0.25, 0.3) is 11.0 Å². The number of rotatable bonds is 6. The molecule has 0 radical (unpaired) electrons. The number of furan rings is 1. The lowest BCUT2D eigenvalue weighted by Crippen LogP contribution is -1.98. The third kappa shape index (κ3) is 3.60. The average molecular weight is 339 g/mol. The maximum atomic E-state index is 10.8. The third-order valence-electron chi connectivity index (χ3n) is 3.57. The number of fused-ring (bicyclic) bond motifs is 1. The van der Waals surface area contributed by atoms with Gasteiger partial charge >= 0.3 is 0 Å². The summed E-state index contributed by atoms with van der Waals surface area (Å²) in [6.45, 7) is 4.26. The van der Waals surface area contributed by atoms with E-state index in [-0.39, 0.29) is 5.69 Å². The maximum Gasteiger partial charge on any atom is 0.271 e. The van der Waals surface area contributed by atoms with Crippen molar-refractivity contribution in [2.24, 2.45) is 5.10 Å². The molecule has 0 bridgehead atoms. The van der Waals surface area contributed by atoms with E-state index >= 15 is 0 Å². The van der Waals surface area contributed by atoms with Gasteiger partial charge in [0, 0.05) is 17.5 Å². The minimum Gasteiger partial charge on any atom is -0.490 e. The van der Waals surface area contributed by atoms with Crippen molar-refractivity contribution < 1.29 is 14.1 Å². The molecule has 1 heterocycles. The normalized spacial score (nSPS) is 11.5. The Kier molecular flexibility index (Phi) is 4.65. The van der Waals surface area contributed by atoms with E-state index < -0.39 is 4.92 Å². The number of nitrogens with one attached hydrogen (secondary N) is 1. The minimum atomic E-state index is -0.448. The van der Waals surface area contributed by atoms with Crippen molar-refractivity contribution >= 4 is 28.1 Å². The molecule has 0 aliphatic heterocycles. The van der Waals surface area contributed by atoms with Gasteiger partial charge in [0.25, 0.3) is 5.69 Å². The zero-order chi connectivity index (χ0) is 17.8. The van der Waals surface area contributed by atoms with Gasteiger partial charge in [0.1, 0.15) is 5.71 Å². The monoisotopic (exact) mass is 339 g/mol. The van der Waals surface area contributed by atoms with Crippen LogP contribution in [0.15, 0.2) is 58.0 Å². The maximum absolute atomic E-state index is 10.8. The van der Waals surface area contributed by atoms with Gasteiger partial charge in [-0.15, -0.1) is 0 Å². The highest BCUT2D eigenvalue weighted by atomic mass is 16.6. The van der Waals surface area contributed by atoms with E-state index in [0.29, 0.717) is 35.1 Å². The first kappa shape index (κ1) is 16.5. The summed E-state index contributed by atoms with van der Waals surface area (Å²) in [5.74, 6) is 1.28. The highest BCUT2D eigenvalue weighted by Crippen LogP contribution is 2.29. The molecule has 0 amide bonds. The molecule has 25 heavy (non-hydrogen) atoms. The van der Waals surface area contributed by atoms with E-state index in [1.807, 2.05) is 31.2 Å². The van der Waals surface area contributed by atoms with Crippen molar-refractivity contribution in [3.63, 3.8) is 0 Å². The fraction of sp³-hybridized carbons (Fsp3) is 0.167. The number of anilines is 1. The lowest BCUT2D eigenvalue weighted by atomic mass is 10.2. The Morgan fingerprint density at radius 3 is 2.84 bits per heavy atom. The molecule has 0 aliphatic carbocycles. The Balaban J connectivity index is 1.85. The smallest absolute Gasteiger partial charge is 0.271 e. The number of hydrogen-bond acceptors (Lipinski definition) is 6. The molecule has 0 spiro atoms. The SMILES string of the molecule is CCOc1cccc2cc(/C(C)=N\Nc3cccc([N+](=O)[O-])c3)oc12. The number of nitro groups is 1. The fourth-order valence-electron chi connectivity index (χ4n) is 2.38. The summed E-state index contributed by atoms with van der Waals surface area (Å²) in [6.07, 6.45) is 0. The van der Waals surface area contributed by atoms with E-state index in [1.54, 1.807) is 19.1 Å². The molecule has 0 saturated heterocycles. The van der Waals surface area contributed by atoms with Gasteiger partial charge in [0.15, 0.2) is 17.1 Å². The second kappa shape index (κ2) is 7.04. The molecular formula is C18H17N3O4. The molecule has 1 aromatic heterocycles. The van der Waals surface area contributed by atoms with Crippen LogP contribution in [0.1, 0.15) is 19.6 Å². The van der Waals surface area contributed by atoms with Crippen molar-refractivity contribution in [2.75, 3.05) is 12.0 Å². The highest BCUT2D eigenvalue weighted by molar-refractivity contribution is 6.00. The van der Waals surface area contributed by atoms with Crippen LogP contribution in [0, 0.1) is 10.1 Å². The van der Waals surface area contributed by atoms with Gasteiger partial charge in [-0.05, 0) is 32.0 Å². The third-order valence-corrected chi connectivity index (χ3v) is 3.57. The molecule has 0 saturated carbocycles.